The van der Waals surface area contributed by atoms with Crippen molar-refractivity contribution in [2.24, 2.45) is 0 Å². The van der Waals surface area contributed by atoms with Crippen LogP contribution in [0.2, 0.25) is 5.02 Å². The molecule has 3 aliphatic rings. The van der Waals surface area contributed by atoms with Crippen LogP contribution in [-0.4, -0.2) is 71.9 Å². The van der Waals surface area contributed by atoms with Gasteiger partial charge in [0.05, 0.1) is 35.4 Å². The van der Waals surface area contributed by atoms with E-state index in [-0.39, 0.29) is 35.5 Å². The normalized spacial score (nSPS) is 29.1. The van der Waals surface area contributed by atoms with E-state index in [4.69, 9.17) is 21.1 Å². The van der Waals surface area contributed by atoms with E-state index in [1.54, 1.807) is 24.3 Å². The van der Waals surface area contributed by atoms with Crippen molar-refractivity contribution < 1.29 is 28.6 Å². The van der Waals surface area contributed by atoms with E-state index in [0.29, 0.717) is 62.3 Å². The Morgan fingerprint density at radius 2 is 1.97 bits per heavy atom. The number of ether oxygens (including phenoxy) is 2. The standard InChI is InChI=1S/C27H31ClFN3O5/c28-20-7-5-16(11-21(20)29)14-32-15-17-12-22(32)27(35)30-13-25-23(33)8-6-18(37-25)9-10-36-24-4-2-1-3-19(24)26(34)31-17/h1-5,7,11,17-18,22-23,25,33H,6,8-10,12-15H2,(H,30,35)(H,31,34)/t17-,18-,22-,23-,25+/m0/s1. The smallest absolute Gasteiger partial charge is 0.255 e. The summed E-state index contributed by atoms with van der Waals surface area (Å²) in [7, 11) is 0. The topological polar surface area (TPSA) is 100 Å². The average molecular weight is 532 g/mol. The van der Waals surface area contributed by atoms with E-state index in [9.17, 15) is 19.1 Å². The molecule has 0 aromatic heterocycles. The van der Waals surface area contributed by atoms with Gasteiger partial charge in [0, 0.05) is 32.1 Å². The van der Waals surface area contributed by atoms with Crippen molar-refractivity contribution in [2.45, 2.75) is 62.6 Å². The van der Waals surface area contributed by atoms with Gasteiger partial charge in [-0.2, -0.15) is 0 Å². The van der Waals surface area contributed by atoms with Gasteiger partial charge in [-0.3, -0.25) is 14.5 Å². The second-order valence-electron chi connectivity index (χ2n) is 9.92. The van der Waals surface area contributed by atoms with E-state index in [1.807, 2.05) is 11.0 Å². The summed E-state index contributed by atoms with van der Waals surface area (Å²) in [5, 5.41) is 16.5. The largest absolute Gasteiger partial charge is 0.493 e. The zero-order valence-corrected chi connectivity index (χ0v) is 21.1. The average Bonchev–Trinajstić information content (AvgIpc) is 3.28. The molecule has 0 aliphatic carbocycles. The summed E-state index contributed by atoms with van der Waals surface area (Å²) >= 11 is 5.84. The van der Waals surface area contributed by atoms with Crippen molar-refractivity contribution in [3.8, 4) is 5.75 Å². The van der Waals surface area contributed by atoms with E-state index in [2.05, 4.69) is 10.6 Å². The first-order chi connectivity index (χ1) is 17.9. The SMILES string of the molecule is O=C1N[C@H]2C[C@@H](C(=O)NC[C@H]3O[C@H](CCOc4ccccc41)CC[C@@H]3O)N(Cc1ccc(Cl)c(F)c1)C2. The van der Waals surface area contributed by atoms with Gasteiger partial charge in [0.1, 0.15) is 17.7 Å². The number of para-hydroxylation sites is 1. The maximum atomic E-state index is 14.1. The van der Waals surface area contributed by atoms with E-state index in [1.165, 1.54) is 12.1 Å². The number of aliphatic hydroxyl groups is 1. The molecule has 0 spiro atoms. The number of carbonyl (C=O) groups is 2. The van der Waals surface area contributed by atoms with Crippen LogP contribution in [0.4, 0.5) is 4.39 Å². The van der Waals surface area contributed by atoms with Crippen LogP contribution in [0.15, 0.2) is 42.5 Å². The highest BCUT2D eigenvalue weighted by Crippen LogP contribution is 2.27. The molecule has 5 rings (SSSR count). The molecular formula is C27H31ClFN3O5. The highest BCUT2D eigenvalue weighted by Gasteiger charge is 2.39. The van der Waals surface area contributed by atoms with Crippen LogP contribution in [0.5, 0.6) is 5.75 Å². The first kappa shape index (κ1) is 25.9. The molecule has 0 saturated carbocycles. The lowest BCUT2D eigenvalue weighted by Crippen LogP contribution is -2.50. The third-order valence-corrected chi connectivity index (χ3v) is 7.60. The van der Waals surface area contributed by atoms with Crippen LogP contribution in [0.25, 0.3) is 0 Å². The number of carbonyl (C=O) groups excluding carboxylic acids is 2. The van der Waals surface area contributed by atoms with Gasteiger partial charge in [-0.25, -0.2) is 4.39 Å². The molecule has 0 unspecified atom stereocenters. The maximum absolute atomic E-state index is 14.1. The third kappa shape index (κ3) is 6.06. The third-order valence-electron chi connectivity index (χ3n) is 7.30. The first-order valence-electron chi connectivity index (χ1n) is 12.7. The predicted molar refractivity (Wildman–Crippen MR) is 135 cm³/mol. The van der Waals surface area contributed by atoms with Crippen molar-refractivity contribution in [3.05, 3.63) is 64.4 Å². The van der Waals surface area contributed by atoms with Gasteiger partial charge in [0.2, 0.25) is 5.91 Å². The molecule has 2 fully saturated rings. The van der Waals surface area contributed by atoms with Crippen LogP contribution in [0.1, 0.15) is 41.6 Å². The number of likely N-dealkylation sites (tertiary alicyclic amines) is 1. The molecule has 8 nitrogen and oxygen atoms in total. The molecule has 2 saturated heterocycles. The Morgan fingerprint density at radius 3 is 2.81 bits per heavy atom. The van der Waals surface area contributed by atoms with Crippen LogP contribution in [-0.2, 0) is 16.1 Å². The summed E-state index contributed by atoms with van der Waals surface area (Å²) in [4.78, 5) is 28.4. The Kier molecular flexibility index (Phi) is 7.95. The number of nitrogens with one attached hydrogen (secondary N) is 2. The summed E-state index contributed by atoms with van der Waals surface area (Å²) in [6.07, 6.45) is 0.944. The van der Waals surface area contributed by atoms with Gasteiger partial charge >= 0.3 is 0 Å². The lowest BCUT2D eigenvalue weighted by Gasteiger charge is -2.34. The molecule has 4 bridgehead atoms. The number of benzene rings is 2. The molecule has 37 heavy (non-hydrogen) atoms. The first-order valence-corrected chi connectivity index (χ1v) is 13.1. The van der Waals surface area contributed by atoms with Crippen molar-refractivity contribution in [1.29, 1.82) is 0 Å². The van der Waals surface area contributed by atoms with E-state index < -0.39 is 24.1 Å². The maximum Gasteiger partial charge on any atom is 0.255 e. The van der Waals surface area contributed by atoms with Crippen molar-refractivity contribution in [2.75, 3.05) is 19.7 Å². The minimum Gasteiger partial charge on any atom is -0.493 e. The van der Waals surface area contributed by atoms with Gasteiger partial charge in [0.25, 0.3) is 5.91 Å². The fraction of sp³-hybridized carbons (Fsp3) is 0.481. The van der Waals surface area contributed by atoms with Crippen LogP contribution >= 0.6 is 11.6 Å². The van der Waals surface area contributed by atoms with Gasteiger partial charge in [0.15, 0.2) is 0 Å². The lowest BCUT2D eigenvalue weighted by molar-refractivity contribution is -0.133. The van der Waals surface area contributed by atoms with Gasteiger partial charge < -0.3 is 25.2 Å². The molecule has 2 aromatic carbocycles. The molecule has 10 heteroatoms. The molecule has 3 N–H and O–H groups in total. The lowest BCUT2D eigenvalue weighted by atomic mass is 9.99. The molecule has 2 aromatic rings. The summed E-state index contributed by atoms with van der Waals surface area (Å²) < 4.78 is 26.1. The number of halogens is 2. The van der Waals surface area contributed by atoms with Gasteiger partial charge in [-0.1, -0.05) is 29.8 Å². The number of rotatable bonds is 2. The van der Waals surface area contributed by atoms with E-state index >= 15 is 0 Å². The Hall–Kier alpha value is -2.72. The predicted octanol–water partition coefficient (Wildman–Crippen LogP) is 2.66. The quantitative estimate of drug-likeness (QED) is 0.551. The Morgan fingerprint density at radius 1 is 1.14 bits per heavy atom. The summed E-state index contributed by atoms with van der Waals surface area (Å²) in [5.74, 6) is -0.534. The Balaban J connectivity index is 1.40. The number of hydrogen-bond acceptors (Lipinski definition) is 6. The van der Waals surface area contributed by atoms with E-state index in [0.717, 1.165) is 0 Å². The molecule has 3 heterocycles. The molecular weight excluding hydrogens is 501 g/mol. The fourth-order valence-corrected chi connectivity index (χ4v) is 5.45. The molecule has 198 valence electrons. The van der Waals surface area contributed by atoms with Crippen molar-refractivity contribution >= 4 is 23.4 Å². The van der Waals surface area contributed by atoms with Crippen molar-refractivity contribution in [1.82, 2.24) is 15.5 Å². The molecule has 5 atom stereocenters. The molecule has 3 aliphatic heterocycles. The monoisotopic (exact) mass is 531 g/mol. The minimum absolute atomic E-state index is 0.0344. The Labute approximate surface area is 220 Å². The van der Waals surface area contributed by atoms with Crippen LogP contribution < -0.4 is 15.4 Å². The second kappa shape index (κ2) is 11.3. The number of amides is 2. The fourth-order valence-electron chi connectivity index (χ4n) is 5.34. The van der Waals surface area contributed by atoms with Gasteiger partial charge in [-0.05, 0) is 49.1 Å². The number of hydrogen-bond donors (Lipinski definition) is 3. The second-order valence-corrected chi connectivity index (χ2v) is 10.3. The van der Waals surface area contributed by atoms with Gasteiger partial charge in [-0.15, -0.1) is 0 Å². The Bertz CT molecular complexity index is 1150. The zero-order valence-electron chi connectivity index (χ0n) is 20.4. The van der Waals surface area contributed by atoms with Crippen molar-refractivity contribution in [3.63, 3.8) is 0 Å². The number of nitrogens with zero attached hydrogens (tertiary/aromatic N) is 1. The molecule has 0 radical (unpaired) electrons. The number of aliphatic hydroxyl groups excluding tert-OH is 1. The van der Waals surface area contributed by atoms with Crippen LogP contribution in [0, 0.1) is 5.82 Å². The summed E-state index contributed by atoms with van der Waals surface area (Å²) in [5.41, 5.74) is 1.09. The highest BCUT2D eigenvalue weighted by atomic mass is 35.5. The van der Waals surface area contributed by atoms with Crippen LogP contribution in [0.3, 0.4) is 0 Å². The summed E-state index contributed by atoms with van der Waals surface area (Å²) in [6, 6.07) is 10.8. The number of fused-ring (bicyclic) bond motifs is 5. The summed E-state index contributed by atoms with van der Waals surface area (Å²) in [6.45, 7) is 1.25. The highest BCUT2D eigenvalue weighted by molar-refractivity contribution is 6.30. The zero-order chi connectivity index (χ0) is 25.9. The molecule has 2 amide bonds. The minimum atomic E-state index is -0.666.